The summed E-state index contributed by atoms with van der Waals surface area (Å²) in [5.74, 6) is 1.89. The van der Waals surface area contributed by atoms with Crippen LogP contribution in [-0.4, -0.2) is 68.9 Å². The second-order valence-corrected chi connectivity index (χ2v) is 9.51. The van der Waals surface area contributed by atoms with Crippen LogP contribution >= 0.6 is 0 Å². The van der Waals surface area contributed by atoms with Crippen LogP contribution in [0.25, 0.3) is 11.0 Å². The number of halogens is 4. The summed E-state index contributed by atoms with van der Waals surface area (Å²) in [6.07, 6.45) is 4.48. The highest BCUT2D eigenvalue weighted by atomic mass is 19.3. The molecular weight excluding hydrogens is 534 g/mol. The van der Waals surface area contributed by atoms with Crippen LogP contribution in [0.3, 0.4) is 0 Å². The van der Waals surface area contributed by atoms with E-state index in [4.69, 9.17) is 5.73 Å². The summed E-state index contributed by atoms with van der Waals surface area (Å²) in [4.78, 5) is 30.2. The standard InChI is InChI=1S/C26H25F4N7O3/c1-3-20(38)35-10-14(8-15(35)11-40-26(29)30)37-25(32-2)21(24(31)39)18(34-37)7-6-16-17(27)9-19-23(22(16)28)33-12-36(19)13-4-5-13/h3,9,12-15,26,32H,1,4-5,8,10-11H2,2H3,(H2,31,39)/t14?,15-/m1/s1. The molecular formula is C26H25F4N7O3. The lowest BCUT2D eigenvalue weighted by Gasteiger charge is -2.22. The van der Waals surface area contributed by atoms with E-state index in [1.807, 2.05) is 0 Å². The number of carbonyl (C=O) groups excluding carboxylic acids is 2. The van der Waals surface area contributed by atoms with E-state index in [0.717, 1.165) is 18.9 Å². The Morgan fingerprint density at radius 1 is 1.30 bits per heavy atom. The number of hydrogen-bond donors (Lipinski definition) is 2. The number of ether oxygens (including phenoxy) is 1. The van der Waals surface area contributed by atoms with Crippen molar-refractivity contribution in [3.63, 3.8) is 0 Å². The minimum absolute atomic E-state index is 0.0239. The molecule has 40 heavy (non-hydrogen) atoms. The average molecular weight is 560 g/mol. The zero-order chi connectivity index (χ0) is 28.7. The van der Waals surface area contributed by atoms with Crippen molar-refractivity contribution in [3.8, 4) is 11.8 Å². The summed E-state index contributed by atoms with van der Waals surface area (Å²) in [7, 11) is 1.50. The third kappa shape index (κ3) is 4.88. The lowest BCUT2D eigenvalue weighted by Crippen LogP contribution is -2.37. The molecule has 3 N–H and O–H groups in total. The van der Waals surface area contributed by atoms with Crippen molar-refractivity contribution in [1.29, 1.82) is 0 Å². The van der Waals surface area contributed by atoms with Gasteiger partial charge in [-0.05, 0) is 31.3 Å². The maximum Gasteiger partial charge on any atom is 0.345 e. The van der Waals surface area contributed by atoms with Crippen LogP contribution in [0.15, 0.2) is 25.0 Å². The van der Waals surface area contributed by atoms with E-state index in [1.165, 1.54) is 29.0 Å². The summed E-state index contributed by atoms with van der Waals surface area (Å²) in [6, 6.07) is 0.0153. The number of primary amides is 1. The number of alkyl halides is 2. The van der Waals surface area contributed by atoms with Crippen molar-refractivity contribution < 1.29 is 31.9 Å². The van der Waals surface area contributed by atoms with Gasteiger partial charge in [-0.3, -0.25) is 9.59 Å². The van der Waals surface area contributed by atoms with Crippen LogP contribution in [0.5, 0.6) is 0 Å². The van der Waals surface area contributed by atoms with Crippen molar-refractivity contribution in [2.24, 2.45) is 5.73 Å². The van der Waals surface area contributed by atoms with Crippen LogP contribution < -0.4 is 11.1 Å². The number of benzene rings is 1. The molecule has 2 fully saturated rings. The van der Waals surface area contributed by atoms with Crippen molar-refractivity contribution >= 4 is 28.7 Å². The van der Waals surface area contributed by atoms with Crippen LogP contribution in [-0.2, 0) is 9.53 Å². The molecule has 1 aliphatic heterocycles. The largest absolute Gasteiger partial charge is 0.373 e. The Morgan fingerprint density at radius 2 is 2.05 bits per heavy atom. The van der Waals surface area contributed by atoms with E-state index < -0.39 is 54.3 Å². The van der Waals surface area contributed by atoms with Crippen LogP contribution in [0.2, 0.25) is 0 Å². The molecule has 0 bridgehead atoms. The van der Waals surface area contributed by atoms with Gasteiger partial charge in [-0.15, -0.1) is 0 Å². The van der Waals surface area contributed by atoms with Gasteiger partial charge in [0.2, 0.25) is 5.91 Å². The molecule has 1 aromatic carbocycles. The number of hydrogen-bond acceptors (Lipinski definition) is 6. The summed E-state index contributed by atoms with van der Waals surface area (Å²) < 4.78 is 63.1. The van der Waals surface area contributed by atoms with Crippen LogP contribution in [0.4, 0.5) is 23.4 Å². The maximum atomic E-state index is 15.3. The first-order valence-electron chi connectivity index (χ1n) is 12.4. The number of amides is 2. The predicted molar refractivity (Wildman–Crippen MR) is 135 cm³/mol. The normalized spacial score (nSPS) is 18.7. The quantitative estimate of drug-likeness (QED) is 0.249. The Balaban J connectivity index is 1.52. The molecule has 2 amide bonds. The average Bonchev–Trinajstić information content (AvgIpc) is 3.36. The van der Waals surface area contributed by atoms with Crippen molar-refractivity contribution in [3.05, 3.63) is 53.5 Å². The van der Waals surface area contributed by atoms with Gasteiger partial charge >= 0.3 is 6.61 Å². The van der Waals surface area contributed by atoms with Crippen LogP contribution in [0, 0.1) is 23.5 Å². The fourth-order valence-corrected chi connectivity index (χ4v) is 5.04. The van der Waals surface area contributed by atoms with Gasteiger partial charge < -0.3 is 25.3 Å². The third-order valence-corrected chi connectivity index (χ3v) is 7.01. The van der Waals surface area contributed by atoms with Gasteiger partial charge in [0.25, 0.3) is 5.91 Å². The number of aromatic nitrogens is 4. The molecule has 2 aromatic heterocycles. The minimum Gasteiger partial charge on any atom is -0.373 e. The van der Waals surface area contributed by atoms with E-state index in [1.54, 1.807) is 4.57 Å². The number of nitrogens with zero attached hydrogens (tertiary/aromatic N) is 5. The van der Waals surface area contributed by atoms with E-state index in [2.05, 4.69) is 38.6 Å². The van der Waals surface area contributed by atoms with Gasteiger partial charge in [-0.1, -0.05) is 12.5 Å². The summed E-state index contributed by atoms with van der Waals surface area (Å²) >= 11 is 0. The molecule has 2 aliphatic rings. The molecule has 1 aliphatic carbocycles. The molecule has 5 rings (SSSR count). The fraction of sp³-hybridized carbons (Fsp3) is 0.385. The number of nitrogens with two attached hydrogens (primary N) is 1. The maximum absolute atomic E-state index is 15.3. The number of nitrogens with one attached hydrogen (secondary N) is 1. The zero-order valence-corrected chi connectivity index (χ0v) is 21.3. The Morgan fingerprint density at radius 3 is 2.67 bits per heavy atom. The van der Waals surface area contributed by atoms with Gasteiger partial charge in [0.1, 0.15) is 22.7 Å². The first-order valence-corrected chi connectivity index (χ1v) is 12.4. The van der Waals surface area contributed by atoms with Crippen LogP contribution in [0.1, 0.15) is 53.0 Å². The lowest BCUT2D eigenvalue weighted by molar-refractivity contribution is -0.146. The number of fused-ring (bicyclic) bond motifs is 1. The molecule has 210 valence electrons. The molecule has 3 heterocycles. The highest BCUT2D eigenvalue weighted by molar-refractivity contribution is 6.00. The SMILES string of the molecule is C=CC(=O)N1CC(n2nc(C#Cc3c(F)cc4c(ncn4C4CC4)c3F)c(C(N)=O)c2NC)C[C@@H]1COC(F)F. The number of imidazole rings is 1. The van der Waals surface area contributed by atoms with Gasteiger partial charge in [0.15, 0.2) is 11.5 Å². The Hall–Kier alpha value is -4.38. The minimum atomic E-state index is -3.02. The van der Waals surface area contributed by atoms with Crippen molar-refractivity contribution in [2.45, 2.75) is 44.0 Å². The number of anilines is 1. The number of rotatable bonds is 8. The van der Waals surface area contributed by atoms with Gasteiger partial charge in [0.05, 0.1) is 36.1 Å². The lowest BCUT2D eigenvalue weighted by atomic mass is 10.1. The van der Waals surface area contributed by atoms with Crippen molar-refractivity contribution in [2.75, 3.05) is 25.5 Å². The number of carbonyl (C=O) groups is 2. The third-order valence-electron chi connectivity index (χ3n) is 7.01. The predicted octanol–water partition coefficient (Wildman–Crippen LogP) is 2.95. The van der Waals surface area contributed by atoms with Gasteiger partial charge in [-0.2, -0.15) is 13.9 Å². The van der Waals surface area contributed by atoms with Crippen molar-refractivity contribution in [1.82, 2.24) is 24.2 Å². The van der Waals surface area contributed by atoms with E-state index >= 15 is 4.39 Å². The molecule has 2 atom stereocenters. The molecule has 3 aromatic rings. The first kappa shape index (κ1) is 27.2. The molecule has 1 saturated heterocycles. The van der Waals surface area contributed by atoms with E-state index in [-0.39, 0.29) is 41.6 Å². The van der Waals surface area contributed by atoms with Gasteiger partial charge in [-0.25, -0.2) is 18.4 Å². The molecule has 14 heteroatoms. The van der Waals surface area contributed by atoms with Gasteiger partial charge in [0, 0.05) is 25.7 Å². The summed E-state index contributed by atoms with van der Waals surface area (Å²) in [5, 5.41) is 7.19. The van der Waals surface area contributed by atoms with E-state index in [0.29, 0.717) is 5.52 Å². The second-order valence-electron chi connectivity index (χ2n) is 9.51. The fourth-order valence-electron chi connectivity index (χ4n) is 5.04. The Bertz CT molecular complexity index is 1570. The summed E-state index contributed by atoms with van der Waals surface area (Å²) in [6.45, 7) is 0.0217. The van der Waals surface area contributed by atoms with E-state index in [9.17, 15) is 22.8 Å². The highest BCUT2D eigenvalue weighted by Gasteiger charge is 2.38. The smallest absolute Gasteiger partial charge is 0.345 e. The molecule has 1 unspecified atom stereocenters. The Kier molecular flexibility index (Phi) is 7.24. The molecule has 0 spiro atoms. The Labute approximate surface area is 225 Å². The summed E-state index contributed by atoms with van der Waals surface area (Å²) in [5.41, 5.74) is 5.07. The number of likely N-dealkylation sites (tertiary alicyclic amines) is 1. The monoisotopic (exact) mass is 559 g/mol. The first-order chi connectivity index (χ1) is 19.1. The molecule has 0 radical (unpaired) electrons. The zero-order valence-electron chi connectivity index (χ0n) is 21.3. The second kappa shape index (κ2) is 10.6. The topological polar surface area (TPSA) is 120 Å². The molecule has 10 nitrogen and oxygen atoms in total. The molecule has 1 saturated carbocycles. The highest BCUT2D eigenvalue weighted by Crippen LogP contribution is 2.38.